The van der Waals surface area contributed by atoms with Gasteiger partial charge in [-0.05, 0) is 30.7 Å². The molecule has 4 aromatic rings. The minimum Gasteiger partial charge on any atom is -0.469 e. The van der Waals surface area contributed by atoms with Gasteiger partial charge in [-0.3, -0.25) is 9.36 Å². The van der Waals surface area contributed by atoms with Crippen molar-refractivity contribution in [2.75, 3.05) is 5.75 Å². The third-order valence-corrected chi connectivity index (χ3v) is 5.53. The molecule has 6 nitrogen and oxygen atoms in total. The lowest BCUT2D eigenvalue weighted by molar-refractivity contribution is 0.101. The predicted molar refractivity (Wildman–Crippen MR) is 108 cm³/mol. The first-order valence-electron chi connectivity index (χ1n) is 8.92. The van der Waals surface area contributed by atoms with Crippen LogP contribution in [0.2, 0.25) is 0 Å². The topological polar surface area (TPSA) is 65.8 Å². The Kier molecular flexibility index (Phi) is 5.16. The van der Waals surface area contributed by atoms with Gasteiger partial charge in [0.2, 0.25) is 0 Å². The largest absolute Gasteiger partial charge is 0.469 e. The maximum Gasteiger partial charge on any atom is 0.192 e. The summed E-state index contributed by atoms with van der Waals surface area (Å²) in [4.78, 5) is 12.5. The second-order valence-corrected chi connectivity index (χ2v) is 7.43. The number of hydrogen-bond donors (Lipinski definition) is 0. The lowest BCUT2D eigenvalue weighted by atomic mass is 10.2. The van der Waals surface area contributed by atoms with E-state index in [0.717, 1.165) is 22.7 Å². The average Bonchev–Trinajstić information content (AvgIpc) is 3.41. The van der Waals surface area contributed by atoms with Crippen molar-refractivity contribution in [1.82, 2.24) is 19.3 Å². The number of rotatable bonds is 7. The van der Waals surface area contributed by atoms with E-state index in [1.165, 1.54) is 11.8 Å². The number of carbonyl (C=O) groups is 1. The SMILES string of the molecule is Cc1occc1-c1nnc(SCC(=O)c2cccn2C)n1Cc1ccccc1. The van der Waals surface area contributed by atoms with E-state index in [9.17, 15) is 4.79 Å². The fourth-order valence-electron chi connectivity index (χ4n) is 3.08. The molecular weight excluding hydrogens is 372 g/mol. The molecule has 0 aliphatic heterocycles. The highest BCUT2D eigenvalue weighted by Crippen LogP contribution is 2.28. The van der Waals surface area contributed by atoms with E-state index in [1.54, 1.807) is 6.26 Å². The molecule has 0 saturated carbocycles. The van der Waals surface area contributed by atoms with E-state index in [4.69, 9.17) is 4.42 Å². The monoisotopic (exact) mass is 392 g/mol. The van der Waals surface area contributed by atoms with Crippen LogP contribution in [-0.4, -0.2) is 30.9 Å². The van der Waals surface area contributed by atoms with Crippen molar-refractivity contribution in [3.05, 3.63) is 78.0 Å². The molecule has 142 valence electrons. The number of aromatic nitrogens is 4. The van der Waals surface area contributed by atoms with E-state index in [-0.39, 0.29) is 5.78 Å². The molecule has 7 heteroatoms. The highest BCUT2D eigenvalue weighted by Gasteiger charge is 2.19. The molecule has 0 aliphatic carbocycles. The summed E-state index contributed by atoms with van der Waals surface area (Å²) in [5.74, 6) is 1.89. The summed E-state index contributed by atoms with van der Waals surface area (Å²) in [6.07, 6.45) is 3.52. The zero-order valence-corrected chi connectivity index (χ0v) is 16.5. The molecule has 0 N–H and O–H groups in total. The zero-order chi connectivity index (χ0) is 19.5. The summed E-state index contributed by atoms with van der Waals surface area (Å²) >= 11 is 1.40. The fourth-order valence-corrected chi connectivity index (χ4v) is 3.89. The normalized spacial score (nSPS) is 11.1. The number of aryl methyl sites for hydroxylation is 2. The molecule has 0 radical (unpaired) electrons. The van der Waals surface area contributed by atoms with Crippen LogP contribution in [0.4, 0.5) is 0 Å². The van der Waals surface area contributed by atoms with Crippen LogP contribution in [0, 0.1) is 6.92 Å². The van der Waals surface area contributed by atoms with Crippen LogP contribution < -0.4 is 0 Å². The Morgan fingerprint density at radius 2 is 1.93 bits per heavy atom. The van der Waals surface area contributed by atoms with Gasteiger partial charge in [-0.1, -0.05) is 42.1 Å². The Morgan fingerprint density at radius 3 is 2.61 bits per heavy atom. The van der Waals surface area contributed by atoms with Crippen LogP contribution in [0.25, 0.3) is 11.4 Å². The molecule has 0 aliphatic rings. The van der Waals surface area contributed by atoms with Crippen molar-refractivity contribution in [1.29, 1.82) is 0 Å². The van der Waals surface area contributed by atoms with Crippen LogP contribution in [0.5, 0.6) is 0 Å². The molecule has 0 saturated heterocycles. The van der Waals surface area contributed by atoms with Crippen LogP contribution >= 0.6 is 11.8 Å². The van der Waals surface area contributed by atoms with Crippen molar-refractivity contribution >= 4 is 17.5 Å². The highest BCUT2D eigenvalue weighted by atomic mass is 32.2. The number of furan rings is 1. The second-order valence-electron chi connectivity index (χ2n) is 6.48. The molecule has 0 fully saturated rings. The number of carbonyl (C=O) groups excluding carboxylic acids is 1. The summed E-state index contributed by atoms with van der Waals surface area (Å²) in [6, 6.07) is 15.7. The van der Waals surface area contributed by atoms with E-state index >= 15 is 0 Å². The maximum absolute atomic E-state index is 12.5. The molecule has 0 unspecified atom stereocenters. The molecule has 0 bridgehead atoms. The fraction of sp³-hybridized carbons (Fsp3) is 0.190. The molecule has 0 spiro atoms. The molecule has 3 aromatic heterocycles. The summed E-state index contributed by atoms with van der Waals surface area (Å²) in [5.41, 5.74) is 2.73. The third kappa shape index (κ3) is 3.66. The standard InChI is InChI=1S/C21H20N4O2S/c1-15-17(10-12-27-15)20-22-23-21(25(20)13-16-7-4-3-5-8-16)28-14-19(26)18-9-6-11-24(18)2/h3-12H,13-14H2,1-2H3. The quantitative estimate of drug-likeness (QED) is 0.348. The first kappa shape index (κ1) is 18.3. The van der Waals surface area contributed by atoms with Gasteiger partial charge >= 0.3 is 0 Å². The molecule has 1 aromatic carbocycles. The Morgan fingerprint density at radius 1 is 1.11 bits per heavy atom. The first-order valence-corrected chi connectivity index (χ1v) is 9.91. The number of benzene rings is 1. The van der Waals surface area contributed by atoms with Gasteiger partial charge in [0, 0.05) is 13.2 Å². The maximum atomic E-state index is 12.5. The van der Waals surface area contributed by atoms with Crippen LogP contribution in [0.1, 0.15) is 21.8 Å². The van der Waals surface area contributed by atoms with E-state index in [1.807, 2.05) is 65.7 Å². The van der Waals surface area contributed by atoms with Gasteiger partial charge < -0.3 is 8.98 Å². The molecule has 0 amide bonds. The Hall–Kier alpha value is -3.06. The van der Waals surface area contributed by atoms with Gasteiger partial charge in [0.15, 0.2) is 16.8 Å². The average molecular weight is 392 g/mol. The van der Waals surface area contributed by atoms with E-state index in [0.29, 0.717) is 23.1 Å². The minimum atomic E-state index is 0.0628. The van der Waals surface area contributed by atoms with Gasteiger partial charge in [0.05, 0.1) is 29.8 Å². The molecule has 0 atom stereocenters. The van der Waals surface area contributed by atoms with Crippen molar-refractivity contribution in [3.8, 4) is 11.4 Å². The van der Waals surface area contributed by atoms with Crippen molar-refractivity contribution < 1.29 is 9.21 Å². The van der Waals surface area contributed by atoms with E-state index < -0.39 is 0 Å². The van der Waals surface area contributed by atoms with Crippen LogP contribution in [0.15, 0.2) is 70.6 Å². The van der Waals surface area contributed by atoms with Crippen LogP contribution in [0.3, 0.4) is 0 Å². The summed E-state index contributed by atoms with van der Waals surface area (Å²) in [6.45, 7) is 2.52. The smallest absolute Gasteiger partial charge is 0.192 e. The van der Waals surface area contributed by atoms with Gasteiger partial charge in [0.1, 0.15) is 5.76 Å². The zero-order valence-electron chi connectivity index (χ0n) is 15.7. The predicted octanol–water partition coefficient (Wildman–Crippen LogP) is 4.21. The number of hydrogen-bond acceptors (Lipinski definition) is 5. The van der Waals surface area contributed by atoms with Crippen molar-refractivity contribution in [2.24, 2.45) is 7.05 Å². The van der Waals surface area contributed by atoms with Gasteiger partial charge in [-0.25, -0.2) is 0 Å². The lowest BCUT2D eigenvalue weighted by Gasteiger charge is -2.10. The summed E-state index contributed by atoms with van der Waals surface area (Å²) in [5, 5.41) is 9.46. The van der Waals surface area contributed by atoms with Gasteiger partial charge in [-0.15, -0.1) is 10.2 Å². The van der Waals surface area contributed by atoms with E-state index in [2.05, 4.69) is 22.3 Å². The van der Waals surface area contributed by atoms with Crippen molar-refractivity contribution in [3.63, 3.8) is 0 Å². The number of thioether (sulfide) groups is 1. The Bertz CT molecular complexity index is 1090. The molecule has 4 rings (SSSR count). The molecular formula is C21H20N4O2S. The van der Waals surface area contributed by atoms with Crippen molar-refractivity contribution in [2.45, 2.75) is 18.6 Å². The Labute approximate surface area is 167 Å². The summed E-state index contributed by atoms with van der Waals surface area (Å²) in [7, 11) is 1.87. The molecule has 28 heavy (non-hydrogen) atoms. The van der Waals surface area contributed by atoms with Crippen LogP contribution in [-0.2, 0) is 13.6 Å². The third-order valence-electron chi connectivity index (χ3n) is 4.56. The Balaban J connectivity index is 1.63. The second kappa shape index (κ2) is 7.90. The van der Waals surface area contributed by atoms with Gasteiger partial charge in [-0.2, -0.15) is 0 Å². The number of Topliss-reactive ketones (excluding diaryl/α,β-unsaturated/α-hetero) is 1. The number of ketones is 1. The molecule has 3 heterocycles. The minimum absolute atomic E-state index is 0.0628. The summed E-state index contributed by atoms with van der Waals surface area (Å²) < 4.78 is 9.32. The number of nitrogens with zero attached hydrogens (tertiary/aromatic N) is 4. The lowest BCUT2D eigenvalue weighted by Crippen LogP contribution is -2.09. The first-order chi connectivity index (χ1) is 13.6. The highest BCUT2D eigenvalue weighted by molar-refractivity contribution is 7.99. The van der Waals surface area contributed by atoms with Gasteiger partial charge in [0.25, 0.3) is 0 Å².